The van der Waals surface area contributed by atoms with Crippen LogP contribution in [-0.4, -0.2) is 35.5 Å². The Labute approximate surface area is 90.3 Å². The molecule has 0 aromatic carbocycles. The van der Waals surface area contributed by atoms with E-state index >= 15 is 0 Å². The number of hydrogen-bond acceptors (Lipinski definition) is 2. The molecule has 1 rings (SSSR count). The average Bonchev–Trinajstić information content (AvgIpc) is 2.93. The monoisotopic (exact) mass is 213 g/mol. The molecular weight excluding hydrogens is 194 g/mol. The van der Waals surface area contributed by atoms with Crippen molar-refractivity contribution in [2.75, 3.05) is 13.6 Å². The molecule has 15 heavy (non-hydrogen) atoms. The van der Waals surface area contributed by atoms with Gasteiger partial charge in [0.05, 0.1) is 0 Å². The molecule has 0 spiro atoms. The molecule has 0 saturated heterocycles. The van der Waals surface area contributed by atoms with Crippen molar-refractivity contribution >= 4 is 11.9 Å². The number of rotatable bonds is 5. The fourth-order valence-corrected chi connectivity index (χ4v) is 1.56. The summed E-state index contributed by atoms with van der Waals surface area (Å²) in [4.78, 5) is 24.3. The fraction of sp³-hybridized carbons (Fsp3) is 0.818. The second-order valence-electron chi connectivity index (χ2n) is 4.80. The van der Waals surface area contributed by atoms with Gasteiger partial charge in [-0.3, -0.25) is 9.59 Å². The van der Waals surface area contributed by atoms with Crippen LogP contribution < -0.4 is 0 Å². The number of amides is 1. The Morgan fingerprint density at radius 3 is 2.27 bits per heavy atom. The molecule has 0 unspecified atom stereocenters. The molecule has 0 aromatic heterocycles. The number of carboxylic acid groups (broad SMARTS) is 1. The molecular formula is C11H19NO3. The molecule has 1 fully saturated rings. The molecule has 1 saturated carbocycles. The highest BCUT2D eigenvalue weighted by Gasteiger charge is 2.58. The van der Waals surface area contributed by atoms with E-state index in [0.717, 1.165) is 6.42 Å². The first-order valence-electron chi connectivity index (χ1n) is 5.39. The highest BCUT2D eigenvalue weighted by molar-refractivity contribution is 6.04. The van der Waals surface area contributed by atoms with Crippen LogP contribution in [0.5, 0.6) is 0 Å². The Balaban J connectivity index is 2.50. The summed E-state index contributed by atoms with van der Waals surface area (Å²) in [5.74, 6) is -0.667. The lowest BCUT2D eigenvalue weighted by atomic mass is 10.1. The van der Waals surface area contributed by atoms with Crippen LogP contribution >= 0.6 is 0 Å². The lowest BCUT2D eigenvalue weighted by Crippen LogP contribution is -2.39. The van der Waals surface area contributed by atoms with E-state index in [1.54, 1.807) is 11.9 Å². The van der Waals surface area contributed by atoms with Gasteiger partial charge < -0.3 is 10.0 Å². The number of carbonyl (C=O) groups is 2. The van der Waals surface area contributed by atoms with Gasteiger partial charge in [0.1, 0.15) is 5.41 Å². The molecule has 1 amide bonds. The summed E-state index contributed by atoms with van der Waals surface area (Å²) in [6.07, 6.45) is 1.90. The highest BCUT2D eigenvalue weighted by atomic mass is 16.4. The minimum absolute atomic E-state index is 0.226. The molecule has 0 atom stereocenters. The van der Waals surface area contributed by atoms with Crippen molar-refractivity contribution in [1.29, 1.82) is 0 Å². The van der Waals surface area contributed by atoms with Crippen LogP contribution in [-0.2, 0) is 9.59 Å². The largest absolute Gasteiger partial charge is 0.480 e. The first kappa shape index (κ1) is 12.0. The average molecular weight is 213 g/mol. The van der Waals surface area contributed by atoms with E-state index in [-0.39, 0.29) is 5.91 Å². The third kappa shape index (κ3) is 2.49. The Bertz CT molecular complexity index is 269. The summed E-state index contributed by atoms with van der Waals surface area (Å²) in [5, 5.41) is 8.95. The van der Waals surface area contributed by atoms with E-state index < -0.39 is 11.4 Å². The summed E-state index contributed by atoms with van der Waals surface area (Å²) >= 11 is 0. The van der Waals surface area contributed by atoms with Crippen molar-refractivity contribution in [3.63, 3.8) is 0 Å². The van der Waals surface area contributed by atoms with E-state index in [0.29, 0.717) is 25.3 Å². The second-order valence-corrected chi connectivity index (χ2v) is 4.80. The maximum absolute atomic E-state index is 11.8. The van der Waals surface area contributed by atoms with Gasteiger partial charge in [-0.15, -0.1) is 0 Å². The van der Waals surface area contributed by atoms with Gasteiger partial charge in [0.25, 0.3) is 0 Å². The summed E-state index contributed by atoms with van der Waals surface area (Å²) < 4.78 is 0. The van der Waals surface area contributed by atoms with Gasteiger partial charge in [-0.05, 0) is 25.2 Å². The van der Waals surface area contributed by atoms with Crippen molar-refractivity contribution in [2.45, 2.75) is 33.1 Å². The molecule has 1 aliphatic carbocycles. The number of carbonyl (C=O) groups excluding carboxylic acids is 1. The van der Waals surface area contributed by atoms with E-state index in [1.165, 1.54) is 0 Å². The minimum Gasteiger partial charge on any atom is -0.480 e. The van der Waals surface area contributed by atoms with Gasteiger partial charge in [0, 0.05) is 13.6 Å². The molecule has 0 aromatic rings. The Hall–Kier alpha value is -1.06. The van der Waals surface area contributed by atoms with Crippen molar-refractivity contribution in [1.82, 2.24) is 4.90 Å². The summed E-state index contributed by atoms with van der Waals surface area (Å²) in [7, 11) is 1.69. The van der Waals surface area contributed by atoms with Gasteiger partial charge >= 0.3 is 5.97 Å². The lowest BCUT2D eigenvalue weighted by molar-refractivity contribution is -0.152. The third-order valence-corrected chi connectivity index (χ3v) is 2.96. The van der Waals surface area contributed by atoms with Crippen LogP contribution in [0.2, 0.25) is 0 Å². The first-order valence-corrected chi connectivity index (χ1v) is 5.39. The lowest BCUT2D eigenvalue weighted by Gasteiger charge is -2.21. The topological polar surface area (TPSA) is 57.6 Å². The SMILES string of the molecule is CC(C)CCN(C)C(=O)C1(C(=O)O)CC1. The predicted octanol–water partition coefficient (Wildman–Crippen LogP) is 1.36. The number of hydrogen-bond donors (Lipinski definition) is 1. The number of nitrogens with zero attached hydrogens (tertiary/aromatic N) is 1. The predicted molar refractivity (Wildman–Crippen MR) is 56.4 cm³/mol. The van der Waals surface area contributed by atoms with Gasteiger partial charge in [0.15, 0.2) is 0 Å². The molecule has 0 bridgehead atoms. The van der Waals surface area contributed by atoms with Crippen LogP contribution in [0.3, 0.4) is 0 Å². The van der Waals surface area contributed by atoms with Gasteiger partial charge in [0.2, 0.25) is 5.91 Å². The van der Waals surface area contributed by atoms with E-state index in [4.69, 9.17) is 5.11 Å². The quantitative estimate of drug-likeness (QED) is 0.701. The molecule has 0 heterocycles. The summed E-state index contributed by atoms with van der Waals surface area (Å²) in [6.45, 7) is 4.82. The standard InChI is InChI=1S/C11H19NO3/c1-8(2)4-7-12(3)9(13)11(5-6-11)10(14)15/h8H,4-7H2,1-3H3,(H,14,15). The normalized spacial score (nSPS) is 17.6. The van der Waals surface area contributed by atoms with Gasteiger partial charge in [-0.25, -0.2) is 0 Å². The van der Waals surface area contributed by atoms with E-state index in [1.807, 2.05) is 0 Å². The molecule has 1 N–H and O–H groups in total. The van der Waals surface area contributed by atoms with Crippen LogP contribution in [0.4, 0.5) is 0 Å². The van der Waals surface area contributed by atoms with E-state index in [9.17, 15) is 9.59 Å². The van der Waals surface area contributed by atoms with Crippen LogP contribution in [0.1, 0.15) is 33.1 Å². The maximum Gasteiger partial charge on any atom is 0.319 e. The minimum atomic E-state index is -1.08. The Kier molecular flexibility index (Phi) is 3.37. The third-order valence-electron chi connectivity index (χ3n) is 2.96. The van der Waals surface area contributed by atoms with Crippen LogP contribution in [0, 0.1) is 11.3 Å². The molecule has 86 valence electrons. The zero-order valence-corrected chi connectivity index (χ0v) is 9.62. The second kappa shape index (κ2) is 4.21. The fourth-order valence-electron chi connectivity index (χ4n) is 1.56. The zero-order chi connectivity index (χ0) is 11.6. The zero-order valence-electron chi connectivity index (χ0n) is 9.62. The van der Waals surface area contributed by atoms with Crippen molar-refractivity contribution in [3.05, 3.63) is 0 Å². The smallest absolute Gasteiger partial charge is 0.319 e. The van der Waals surface area contributed by atoms with Crippen LogP contribution in [0.15, 0.2) is 0 Å². The molecule has 4 nitrogen and oxygen atoms in total. The molecule has 1 aliphatic rings. The number of carboxylic acids is 1. The first-order chi connectivity index (χ1) is 6.90. The van der Waals surface area contributed by atoms with Gasteiger partial charge in [-0.1, -0.05) is 13.8 Å². The molecule has 0 aliphatic heterocycles. The molecule has 0 radical (unpaired) electrons. The molecule has 4 heteroatoms. The summed E-state index contributed by atoms with van der Waals surface area (Å²) in [6, 6.07) is 0. The highest BCUT2D eigenvalue weighted by Crippen LogP contribution is 2.47. The van der Waals surface area contributed by atoms with Crippen molar-refractivity contribution in [3.8, 4) is 0 Å². The maximum atomic E-state index is 11.8. The van der Waals surface area contributed by atoms with Crippen LogP contribution in [0.25, 0.3) is 0 Å². The number of aliphatic carboxylic acids is 1. The van der Waals surface area contributed by atoms with Crippen molar-refractivity contribution in [2.24, 2.45) is 11.3 Å². The van der Waals surface area contributed by atoms with Gasteiger partial charge in [-0.2, -0.15) is 0 Å². The van der Waals surface area contributed by atoms with Crippen molar-refractivity contribution < 1.29 is 14.7 Å². The van der Waals surface area contributed by atoms with E-state index in [2.05, 4.69) is 13.8 Å². The summed E-state index contributed by atoms with van der Waals surface area (Å²) in [5.41, 5.74) is -1.08. The Morgan fingerprint density at radius 2 is 1.93 bits per heavy atom. The Morgan fingerprint density at radius 1 is 1.40 bits per heavy atom.